The van der Waals surface area contributed by atoms with Crippen molar-refractivity contribution in [3.8, 4) is 0 Å². The summed E-state index contributed by atoms with van der Waals surface area (Å²) in [7, 11) is 0. The topological polar surface area (TPSA) is 65.2 Å². The van der Waals surface area contributed by atoms with E-state index >= 15 is 0 Å². The van der Waals surface area contributed by atoms with Gasteiger partial charge in [0, 0.05) is 0 Å². The van der Waals surface area contributed by atoms with Crippen molar-refractivity contribution < 1.29 is 10.4 Å². The van der Waals surface area contributed by atoms with Gasteiger partial charge in [0.25, 0.3) is 0 Å². The lowest BCUT2D eigenvalue weighted by Crippen LogP contribution is -2.04. The molecule has 0 fully saturated rings. The summed E-state index contributed by atoms with van der Waals surface area (Å²) in [6.45, 7) is 6.75. The summed E-state index contributed by atoms with van der Waals surface area (Å²) in [5, 5.41) is 22.7. The third-order valence-electron chi connectivity index (χ3n) is 2.44. The Bertz CT molecular complexity index is 230. The van der Waals surface area contributed by atoms with Crippen molar-refractivity contribution in [3.63, 3.8) is 0 Å². The molecule has 4 heteroatoms. The van der Waals surface area contributed by atoms with E-state index in [1.165, 1.54) is 25.5 Å². The second kappa shape index (κ2) is 8.13. The average molecular weight is 228 g/mol. The van der Waals surface area contributed by atoms with Crippen molar-refractivity contribution in [2.45, 2.75) is 59.3 Å². The molecule has 0 atom stereocenters. The first-order chi connectivity index (χ1) is 7.49. The molecule has 0 aromatic heterocycles. The van der Waals surface area contributed by atoms with Crippen LogP contribution in [-0.2, 0) is 0 Å². The molecule has 0 bridgehead atoms. The fraction of sp³-hybridized carbons (Fsp3) is 0.833. The van der Waals surface area contributed by atoms with Gasteiger partial charge < -0.3 is 10.4 Å². The largest absolute Gasteiger partial charge is 0.411 e. The maximum Gasteiger partial charge on any atom is 0.101 e. The quantitative estimate of drug-likeness (QED) is 0.302. The van der Waals surface area contributed by atoms with E-state index in [4.69, 9.17) is 10.4 Å². The summed E-state index contributed by atoms with van der Waals surface area (Å²) >= 11 is 0. The van der Waals surface area contributed by atoms with Gasteiger partial charge in [-0.15, -0.1) is 0 Å². The van der Waals surface area contributed by atoms with Crippen LogP contribution in [0.2, 0.25) is 0 Å². The van der Waals surface area contributed by atoms with Gasteiger partial charge in [-0.1, -0.05) is 50.3 Å². The van der Waals surface area contributed by atoms with Gasteiger partial charge >= 0.3 is 0 Å². The van der Waals surface area contributed by atoms with Crippen LogP contribution in [-0.4, -0.2) is 22.3 Å². The van der Waals surface area contributed by atoms with E-state index in [1.54, 1.807) is 0 Å². The predicted molar refractivity (Wildman–Crippen MR) is 66.7 cm³/mol. The van der Waals surface area contributed by atoms with E-state index in [0.29, 0.717) is 17.5 Å². The summed E-state index contributed by atoms with van der Waals surface area (Å²) in [5.41, 5.74) is 0.847. The number of hydrogen-bond acceptors (Lipinski definition) is 4. The first-order valence-corrected chi connectivity index (χ1v) is 5.88. The van der Waals surface area contributed by atoms with Gasteiger partial charge in [-0.05, 0) is 24.7 Å². The van der Waals surface area contributed by atoms with Crippen LogP contribution in [0.1, 0.15) is 59.3 Å². The number of hydrogen-bond donors (Lipinski definition) is 2. The van der Waals surface area contributed by atoms with Crippen molar-refractivity contribution in [2.24, 2.45) is 15.7 Å². The molecule has 2 N–H and O–H groups in total. The van der Waals surface area contributed by atoms with Crippen LogP contribution in [0.15, 0.2) is 10.3 Å². The molecule has 16 heavy (non-hydrogen) atoms. The van der Waals surface area contributed by atoms with E-state index in [0.717, 1.165) is 12.8 Å². The smallest absolute Gasteiger partial charge is 0.101 e. The molecule has 4 nitrogen and oxygen atoms in total. The Morgan fingerprint density at radius 2 is 1.69 bits per heavy atom. The molecule has 0 aromatic carbocycles. The normalized spacial score (nSPS) is 13.6. The Hall–Kier alpha value is -1.06. The third-order valence-corrected chi connectivity index (χ3v) is 2.44. The zero-order valence-corrected chi connectivity index (χ0v) is 10.6. The standard InChI is InChI=1S/C12H24N2O2/c1-12(2,3)9-7-5-4-6-8-11(14-16)10-13-15/h10,15-16H,4-9H2,1-3H3. The van der Waals surface area contributed by atoms with E-state index in [9.17, 15) is 0 Å². The van der Waals surface area contributed by atoms with E-state index in [1.807, 2.05) is 0 Å². The summed E-state index contributed by atoms with van der Waals surface area (Å²) in [5.74, 6) is 0. The van der Waals surface area contributed by atoms with Crippen LogP contribution in [0.5, 0.6) is 0 Å². The summed E-state index contributed by atoms with van der Waals surface area (Å²) in [6, 6.07) is 0. The molecule has 0 unspecified atom stereocenters. The SMILES string of the molecule is CC(C)(C)CCCCCCC(C=NO)=NO. The van der Waals surface area contributed by atoms with Crippen molar-refractivity contribution in [3.05, 3.63) is 0 Å². The molecular weight excluding hydrogens is 204 g/mol. The van der Waals surface area contributed by atoms with E-state index < -0.39 is 0 Å². The van der Waals surface area contributed by atoms with Crippen molar-refractivity contribution in [1.29, 1.82) is 0 Å². The Balaban J connectivity index is 3.47. The first-order valence-electron chi connectivity index (χ1n) is 5.88. The molecule has 0 spiro atoms. The fourth-order valence-corrected chi connectivity index (χ4v) is 1.52. The average Bonchev–Trinajstić information content (AvgIpc) is 2.20. The van der Waals surface area contributed by atoms with Gasteiger partial charge in [0.1, 0.15) is 5.71 Å². The molecule has 0 rings (SSSR count). The van der Waals surface area contributed by atoms with Gasteiger partial charge in [0.05, 0.1) is 6.21 Å². The lowest BCUT2D eigenvalue weighted by molar-refractivity contribution is 0.314. The van der Waals surface area contributed by atoms with Crippen LogP contribution < -0.4 is 0 Å². The number of unbranched alkanes of at least 4 members (excludes halogenated alkanes) is 3. The highest BCUT2D eigenvalue weighted by Gasteiger charge is 2.08. The Morgan fingerprint density at radius 1 is 1.06 bits per heavy atom. The third kappa shape index (κ3) is 9.49. The van der Waals surface area contributed by atoms with Crippen molar-refractivity contribution in [1.82, 2.24) is 0 Å². The highest BCUT2D eigenvalue weighted by molar-refractivity contribution is 6.30. The number of rotatable bonds is 7. The summed E-state index contributed by atoms with van der Waals surface area (Å²) < 4.78 is 0. The van der Waals surface area contributed by atoms with Crippen molar-refractivity contribution in [2.75, 3.05) is 0 Å². The summed E-state index contributed by atoms with van der Waals surface area (Å²) in [4.78, 5) is 0. The molecule has 0 saturated carbocycles. The first kappa shape index (κ1) is 14.9. The molecule has 0 saturated heterocycles. The highest BCUT2D eigenvalue weighted by Crippen LogP contribution is 2.22. The molecular formula is C12H24N2O2. The zero-order chi connectivity index (χ0) is 12.4. The maximum absolute atomic E-state index is 8.55. The lowest BCUT2D eigenvalue weighted by atomic mass is 9.89. The molecule has 0 amide bonds. The monoisotopic (exact) mass is 228 g/mol. The Kier molecular flexibility index (Phi) is 7.60. The van der Waals surface area contributed by atoms with Crippen LogP contribution in [0.3, 0.4) is 0 Å². The van der Waals surface area contributed by atoms with Crippen LogP contribution in [0, 0.1) is 5.41 Å². The predicted octanol–water partition coefficient (Wildman–Crippen LogP) is 3.66. The second-order valence-corrected chi connectivity index (χ2v) is 5.31. The molecule has 0 heterocycles. The van der Waals surface area contributed by atoms with Crippen LogP contribution in [0.25, 0.3) is 0 Å². The van der Waals surface area contributed by atoms with Gasteiger partial charge in [-0.2, -0.15) is 0 Å². The summed E-state index contributed by atoms with van der Waals surface area (Å²) in [6.07, 6.45) is 7.61. The zero-order valence-electron chi connectivity index (χ0n) is 10.6. The molecule has 0 aliphatic heterocycles. The lowest BCUT2D eigenvalue weighted by Gasteiger charge is -2.17. The molecule has 94 valence electrons. The minimum atomic E-state index is 0.418. The Morgan fingerprint density at radius 3 is 2.19 bits per heavy atom. The molecule has 0 aliphatic rings. The highest BCUT2D eigenvalue weighted by atomic mass is 16.4. The van der Waals surface area contributed by atoms with Crippen LogP contribution >= 0.6 is 0 Å². The molecule has 0 aromatic rings. The van der Waals surface area contributed by atoms with Gasteiger partial charge in [0.15, 0.2) is 0 Å². The minimum absolute atomic E-state index is 0.418. The van der Waals surface area contributed by atoms with E-state index in [-0.39, 0.29) is 0 Å². The molecule has 0 radical (unpaired) electrons. The van der Waals surface area contributed by atoms with Gasteiger partial charge in [-0.25, -0.2) is 0 Å². The van der Waals surface area contributed by atoms with Gasteiger partial charge in [0.2, 0.25) is 0 Å². The second-order valence-electron chi connectivity index (χ2n) is 5.31. The van der Waals surface area contributed by atoms with Crippen LogP contribution in [0.4, 0.5) is 0 Å². The Labute approximate surface area is 98.0 Å². The van der Waals surface area contributed by atoms with Crippen molar-refractivity contribution >= 4 is 11.9 Å². The maximum atomic E-state index is 8.55. The van der Waals surface area contributed by atoms with E-state index in [2.05, 4.69) is 31.1 Å². The van der Waals surface area contributed by atoms with Gasteiger partial charge in [-0.3, -0.25) is 0 Å². The number of oxime groups is 2. The minimum Gasteiger partial charge on any atom is -0.411 e. The number of nitrogens with zero attached hydrogens (tertiary/aromatic N) is 2. The fourth-order valence-electron chi connectivity index (χ4n) is 1.52. The molecule has 0 aliphatic carbocycles.